The number of carbonyl (C=O) groups is 1. The second-order valence-corrected chi connectivity index (χ2v) is 6.41. The predicted octanol–water partition coefficient (Wildman–Crippen LogP) is 2.41. The number of aromatic nitrogens is 2. The van der Waals surface area contributed by atoms with Gasteiger partial charge in [0.1, 0.15) is 0 Å². The average molecular weight is 335 g/mol. The predicted molar refractivity (Wildman–Crippen MR) is 93.2 cm³/mol. The number of amides is 1. The molecule has 1 aromatic heterocycles. The molecule has 0 saturated carbocycles. The van der Waals surface area contributed by atoms with Crippen LogP contribution in [0.15, 0.2) is 36.4 Å². The molecule has 2 heterocycles. The molecule has 0 radical (unpaired) electrons. The summed E-state index contributed by atoms with van der Waals surface area (Å²) >= 11 is 0. The van der Waals surface area contributed by atoms with Gasteiger partial charge in [0.05, 0.1) is 5.69 Å². The first kappa shape index (κ1) is 17.5. The molecular weight excluding hydrogens is 312 g/mol. The molecule has 1 aliphatic heterocycles. The minimum atomic E-state index is -0.00467. The molecule has 1 amide bonds. The van der Waals surface area contributed by atoms with Crippen LogP contribution < -0.4 is 5.73 Å². The van der Waals surface area contributed by atoms with Crippen molar-refractivity contribution in [1.82, 2.24) is 14.7 Å². The summed E-state index contributed by atoms with van der Waals surface area (Å²) in [6.07, 6.45) is 0.952. The largest absolute Gasteiger partial charge is 0.337 e. The minimum Gasteiger partial charge on any atom is -0.337 e. The molecule has 0 spiro atoms. The molecule has 1 aliphatic rings. The molecule has 2 N–H and O–H groups in total. The van der Waals surface area contributed by atoms with Crippen molar-refractivity contribution in [2.45, 2.75) is 20.3 Å². The number of nitrogens with two attached hydrogens (primary N) is 1. The molecule has 0 aliphatic carbocycles. The Morgan fingerprint density at radius 2 is 2.04 bits per heavy atom. The van der Waals surface area contributed by atoms with E-state index in [0.29, 0.717) is 18.8 Å². The van der Waals surface area contributed by atoms with Crippen LogP contribution in [0.3, 0.4) is 0 Å². The van der Waals surface area contributed by atoms with E-state index in [9.17, 15) is 4.79 Å². The third-order valence-electron chi connectivity index (χ3n) is 4.45. The highest BCUT2D eigenvalue weighted by Crippen LogP contribution is 2.29. The highest BCUT2D eigenvalue weighted by Gasteiger charge is 2.35. The van der Waals surface area contributed by atoms with Crippen molar-refractivity contribution in [3.8, 4) is 5.69 Å². The summed E-state index contributed by atoms with van der Waals surface area (Å²) in [6.45, 7) is 6.16. The molecule has 5 nitrogen and oxygen atoms in total. The summed E-state index contributed by atoms with van der Waals surface area (Å²) in [6, 6.07) is 11.7. The Morgan fingerprint density at radius 3 is 2.65 bits per heavy atom. The smallest absolute Gasteiger partial charge is 0.274 e. The van der Waals surface area contributed by atoms with Gasteiger partial charge in [0.2, 0.25) is 0 Å². The summed E-state index contributed by atoms with van der Waals surface area (Å²) < 4.78 is 1.81. The van der Waals surface area contributed by atoms with E-state index in [4.69, 9.17) is 5.73 Å². The van der Waals surface area contributed by atoms with E-state index in [1.165, 1.54) is 0 Å². The Morgan fingerprint density at radius 1 is 1.35 bits per heavy atom. The second kappa shape index (κ2) is 6.72. The first-order valence-electron chi connectivity index (χ1n) is 7.64. The lowest BCUT2D eigenvalue weighted by atomic mass is 9.90. The molecule has 1 fully saturated rings. The van der Waals surface area contributed by atoms with Crippen LogP contribution in [-0.4, -0.2) is 40.2 Å². The number of aryl methyl sites for hydroxylation is 1. The summed E-state index contributed by atoms with van der Waals surface area (Å²) in [5, 5.41) is 4.49. The molecule has 3 rings (SSSR count). The number of halogens is 1. The zero-order valence-corrected chi connectivity index (χ0v) is 14.3. The third kappa shape index (κ3) is 3.41. The average Bonchev–Trinajstić information content (AvgIpc) is 3.12. The standard InChI is InChI=1S/C17H22N4O.ClH/c1-13-10-15(19-21(13)14-6-4-3-5-7-14)16(22)20-9-8-17(2,11-18)12-20;/h3-7,10H,8-9,11-12,18H2,1-2H3;1H. The number of rotatable bonds is 3. The lowest BCUT2D eigenvalue weighted by Crippen LogP contribution is -2.34. The van der Waals surface area contributed by atoms with Crippen molar-refractivity contribution >= 4 is 18.3 Å². The maximum absolute atomic E-state index is 12.7. The van der Waals surface area contributed by atoms with Gasteiger partial charge in [-0.3, -0.25) is 4.79 Å². The van der Waals surface area contributed by atoms with Crippen LogP contribution in [0.1, 0.15) is 29.5 Å². The van der Waals surface area contributed by atoms with E-state index in [-0.39, 0.29) is 23.7 Å². The zero-order valence-electron chi connectivity index (χ0n) is 13.5. The molecule has 1 atom stereocenters. The van der Waals surface area contributed by atoms with Crippen molar-refractivity contribution in [2.75, 3.05) is 19.6 Å². The fraction of sp³-hybridized carbons (Fsp3) is 0.412. The summed E-state index contributed by atoms with van der Waals surface area (Å²) in [7, 11) is 0. The molecule has 23 heavy (non-hydrogen) atoms. The SMILES string of the molecule is Cc1cc(C(=O)N2CCC(C)(CN)C2)nn1-c1ccccc1.Cl. The van der Waals surface area contributed by atoms with Crippen LogP contribution in [0, 0.1) is 12.3 Å². The number of hydrogen-bond donors (Lipinski definition) is 1. The van der Waals surface area contributed by atoms with Crippen molar-refractivity contribution in [3.05, 3.63) is 47.8 Å². The van der Waals surface area contributed by atoms with Gasteiger partial charge in [-0.2, -0.15) is 5.10 Å². The number of hydrogen-bond acceptors (Lipinski definition) is 3. The van der Waals surface area contributed by atoms with E-state index >= 15 is 0 Å². The Hall–Kier alpha value is -1.85. The van der Waals surface area contributed by atoms with Gasteiger partial charge in [-0.05, 0) is 43.5 Å². The van der Waals surface area contributed by atoms with E-state index in [0.717, 1.165) is 24.3 Å². The third-order valence-corrected chi connectivity index (χ3v) is 4.45. The van der Waals surface area contributed by atoms with Crippen molar-refractivity contribution in [3.63, 3.8) is 0 Å². The van der Waals surface area contributed by atoms with Crippen molar-refractivity contribution in [2.24, 2.45) is 11.1 Å². The molecule has 2 aromatic rings. The Labute approximate surface area is 142 Å². The van der Waals surface area contributed by atoms with Gasteiger partial charge in [0.15, 0.2) is 5.69 Å². The molecule has 0 bridgehead atoms. The van der Waals surface area contributed by atoms with Crippen LogP contribution in [0.5, 0.6) is 0 Å². The maximum atomic E-state index is 12.7. The Kier molecular flexibility index (Phi) is 5.12. The van der Waals surface area contributed by atoms with Crippen LogP contribution in [0.25, 0.3) is 5.69 Å². The quantitative estimate of drug-likeness (QED) is 0.937. The normalized spacial score (nSPS) is 20.4. The molecule has 1 unspecified atom stereocenters. The molecule has 124 valence electrons. The number of benzene rings is 1. The highest BCUT2D eigenvalue weighted by molar-refractivity contribution is 5.92. The van der Waals surface area contributed by atoms with Gasteiger partial charge in [0.25, 0.3) is 5.91 Å². The maximum Gasteiger partial charge on any atom is 0.274 e. The number of likely N-dealkylation sites (tertiary alicyclic amines) is 1. The van der Waals surface area contributed by atoms with E-state index in [2.05, 4.69) is 12.0 Å². The fourth-order valence-corrected chi connectivity index (χ4v) is 2.94. The van der Waals surface area contributed by atoms with Gasteiger partial charge < -0.3 is 10.6 Å². The van der Waals surface area contributed by atoms with Gasteiger partial charge in [-0.15, -0.1) is 12.4 Å². The molecule has 1 aromatic carbocycles. The van der Waals surface area contributed by atoms with Crippen molar-refractivity contribution < 1.29 is 4.79 Å². The van der Waals surface area contributed by atoms with E-state index in [1.54, 1.807) is 0 Å². The van der Waals surface area contributed by atoms with E-state index in [1.807, 2.05) is 52.9 Å². The second-order valence-electron chi connectivity index (χ2n) is 6.41. The number of para-hydroxylation sites is 1. The van der Waals surface area contributed by atoms with Gasteiger partial charge in [-0.25, -0.2) is 4.68 Å². The van der Waals surface area contributed by atoms with Crippen LogP contribution >= 0.6 is 12.4 Å². The van der Waals surface area contributed by atoms with Gasteiger partial charge in [-0.1, -0.05) is 25.1 Å². The minimum absolute atomic E-state index is 0. The summed E-state index contributed by atoms with van der Waals surface area (Å²) in [5.74, 6) is -0.00467. The first-order chi connectivity index (χ1) is 10.5. The zero-order chi connectivity index (χ0) is 15.7. The monoisotopic (exact) mass is 334 g/mol. The van der Waals surface area contributed by atoms with Gasteiger partial charge in [0, 0.05) is 18.8 Å². The van der Waals surface area contributed by atoms with E-state index < -0.39 is 0 Å². The number of carbonyl (C=O) groups excluding carboxylic acids is 1. The highest BCUT2D eigenvalue weighted by atomic mass is 35.5. The summed E-state index contributed by atoms with van der Waals surface area (Å²) in [4.78, 5) is 14.5. The van der Waals surface area contributed by atoms with Gasteiger partial charge >= 0.3 is 0 Å². The lowest BCUT2D eigenvalue weighted by Gasteiger charge is -2.22. The lowest BCUT2D eigenvalue weighted by molar-refractivity contribution is 0.0770. The molecular formula is C17H23ClN4O. The Bertz CT molecular complexity index is 685. The van der Waals surface area contributed by atoms with Crippen LogP contribution in [-0.2, 0) is 0 Å². The molecule has 1 saturated heterocycles. The fourth-order valence-electron chi connectivity index (χ4n) is 2.94. The molecule has 6 heteroatoms. The van der Waals surface area contributed by atoms with Crippen molar-refractivity contribution in [1.29, 1.82) is 0 Å². The summed E-state index contributed by atoms with van der Waals surface area (Å²) in [5.41, 5.74) is 8.27. The van der Waals surface area contributed by atoms with Crippen LogP contribution in [0.4, 0.5) is 0 Å². The first-order valence-corrected chi connectivity index (χ1v) is 7.64. The Balaban J connectivity index is 0.00000192. The van der Waals surface area contributed by atoms with Crippen LogP contribution in [0.2, 0.25) is 0 Å². The number of nitrogens with zero attached hydrogens (tertiary/aromatic N) is 3. The topological polar surface area (TPSA) is 64.2 Å².